The van der Waals surface area contributed by atoms with Crippen LogP contribution in [0.15, 0.2) is 41.5 Å². The molecule has 1 aliphatic rings. The highest BCUT2D eigenvalue weighted by Gasteiger charge is 2.24. The minimum Gasteiger partial charge on any atom is -0.324 e. The van der Waals surface area contributed by atoms with Gasteiger partial charge in [0.15, 0.2) is 5.65 Å². The maximum atomic E-state index is 15.0. The van der Waals surface area contributed by atoms with Gasteiger partial charge in [-0.3, -0.25) is 9.78 Å². The summed E-state index contributed by atoms with van der Waals surface area (Å²) in [6, 6.07) is 7.64. The van der Waals surface area contributed by atoms with Gasteiger partial charge in [0.25, 0.3) is 5.56 Å². The monoisotopic (exact) mass is 517 g/mol. The van der Waals surface area contributed by atoms with Crippen molar-refractivity contribution >= 4 is 22.7 Å². The minimum absolute atomic E-state index is 0.112. The van der Waals surface area contributed by atoms with Crippen LogP contribution in [0.4, 0.5) is 16.0 Å². The predicted octanol–water partition coefficient (Wildman–Crippen LogP) is 5.16. The Bertz CT molecular complexity index is 1560. The molecule has 9 heteroatoms. The van der Waals surface area contributed by atoms with Gasteiger partial charge in [-0.05, 0) is 82.6 Å². The number of nitrogens with zero attached hydrogens (tertiary/aromatic N) is 6. The first kappa shape index (κ1) is 26.0. The molecule has 0 fully saturated rings. The summed E-state index contributed by atoms with van der Waals surface area (Å²) >= 11 is 0. The summed E-state index contributed by atoms with van der Waals surface area (Å²) < 4.78 is 18.6. The maximum absolute atomic E-state index is 15.0. The Morgan fingerprint density at radius 3 is 2.61 bits per heavy atom. The van der Waals surface area contributed by atoms with E-state index in [0.29, 0.717) is 28.7 Å². The topological polar surface area (TPSA) is 80.9 Å². The van der Waals surface area contributed by atoms with Crippen LogP contribution >= 0.6 is 0 Å². The van der Waals surface area contributed by atoms with Crippen LogP contribution in [0, 0.1) is 5.82 Å². The molecular weight excluding hydrogens is 481 g/mol. The molecule has 0 saturated heterocycles. The average Bonchev–Trinajstić information content (AvgIpc) is 3.15. The Hall–Kier alpha value is -3.59. The third-order valence-electron chi connectivity index (χ3n) is 7.33. The molecule has 0 radical (unpaired) electrons. The zero-order valence-corrected chi connectivity index (χ0v) is 23.2. The van der Waals surface area contributed by atoms with Crippen LogP contribution in [-0.4, -0.2) is 49.4 Å². The Kier molecular flexibility index (Phi) is 6.59. The standard InChI is InChI=1S/C29H36FN7O/c1-17(2)36-27(38)23-16-32-28(34-26(23)37(36)21-10-11-31-25(15-21)29(3,4)5)33-19-12-18-13-20(35(6)7)8-9-22(18)24(30)14-19/h10-12,14-17,20H,8-9,13H2,1-7H3,(H,32,33,34). The van der Waals surface area contributed by atoms with Crippen LogP contribution in [0.5, 0.6) is 0 Å². The fraction of sp³-hybridized carbons (Fsp3) is 0.448. The molecule has 1 atom stereocenters. The molecular formula is C29H36FN7O. The quantitative estimate of drug-likeness (QED) is 0.394. The molecule has 4 aromatic rings. The molecule has 3 heterocycles. The number of pyridine rings is 1. The molecule has 0 aliphatic heterocycles. The van der Waals surface area contributed by atoms with Crippen LogP contribution in [0.25, 0.3) is 16.7 Å². The third-order valence-corrected chi connectivity index (χ3v) is 7.33. The molecule has 5 rings (SSSR count). The molecule has 3 aromatic heterocycles. The van der Waals surface area contributed by atoms with Gasteiger partial charge in [0.2, 0.25) is 5.95 Å². The van der Waals surface area contributed by atoms with E-state index in [-0.39, 0.29) is 22.8 Å². The summed E-state index contributed by atoms with van der Waals surface area (Å²) in [6.45, 7) is 10.2. The van der Waals surface area contributed by atoms with Gasteiger partial charge in [0.05, 0.1) is 5.69 Å². The first-order valence-electron chi connectivity index (χ1n) is 13.2. The second-order valence-corrected chi connectivity index (χ2v) is 11.7. The molecule has 1 unspecified atom stereocenters. The Morgan fingerprint density at radius 1 is 1.16 bits per heavy atom. The van der Waals surface area contributed by atoms with Crippen LogP contribution in [-0.2, 0) is 18.3 Å². The van der Waals surface area contributed by atoms with Crippen molar-refractivity contribution in [1.82, 2.24) is 29.2 Å². The first-order valence-corrected chi connectivity index (χ1v) is 13.2. The lowest BCUT2D eigenvalue weighted by molar-refractivity contribution is 0.266. The van der Waals surface area contributed by atoms with E-state index < -0.39 is 0 Å². The van der Waals surface area contributed by atoms with Gasteiger partial charge < -0.3 is 10.2 Å². The summed E-state index contributed by atoms with van der Waals surface area (Å²) in [5, 5.41) is 3.61. The number of likely N-dealkylation sites (N-methyl/N-ethyl adjacent to an activating group) is 1. The second kappa shape index (κ2) is 9.62. The zero-order valence-electron chi connectivity index (χ0n) is 23.2. The predicted molar refractivity (Wildman–Crippen MR) is 149 cm³/mol. The van der Waals surface area contributed by atoms with Crippen molar-refractivity contribution in [2.24, 2.45) is 0 Å². The van der Waals surface area contributed by atoms with Gasteiger partial charge in [-0.2, -0.15) is 4.98 Å². The molecule has 1 N–H and O–H groups in total. The summed E-state index contributed by atoms with van der Waals surface area (Å²) in [6.07, 6.45) is 5.77. The molecule has 0 bridgehead atoms. The molecule has 1 aromatic carbocycles. The van der Waals surface area contributed by atoms with E-state index >= 15 is 4.39 Å². The van der Waals surface area contributed by atoms with Gasteiger partial charge in [-0.25, -0.2) is 18.7 Å². The third kappa shape index (κ3) is 4.71. The number of hydrogen-bond acceptors (Lipinski definition) is 6. The SMILES string of the molecule is CC(C)n1c(=O)c2cnc(Nc3cc(F)c4c(c3)CC(N(C)C)CC4)nc2n1-c1ccnc(C(C)(C)C)c1. The lowest BCUT2D eigenvalue weighted by atomic mass is 9.87. The molecule has 1 aliphatic carbocycles. The molecule has 0 saturated carbocycles. The lowest BCUT2D eigenvalue weighted by Gasteiger charge is -2.30. The number of rotatable bonds is 5. The molecule has 38 heavy (non-hydrogen) atoms. The number of aromatic nitrogens is 5. The number of benzene rings is 1. The van der Waals surface area contributed by atoms with Crippen LogP contribution in [0.3, 0.4) is 0 Å². The Morgan fingerprint density at radius 2 is 1.92 bits per heavy atom. The molecule has 8 nitrogen and oxygen atoms in total. The van der Waals surface area contributed by atoms with E-state index in [4.69, 9.17) is 4.98 Å². The first-order chi connectivity index (χ1) is 17.9. The van der Waals surface area contributed by atoms with Gasteiger partial charge in [0, 0.05) is 41.3 Å². The van der Waals surface area contributed by atoms with Crippen molar-refractivity contribution in [3.8, 4) is 5.69 Å². The maximum Gasteiger partial charge on any atom is 0.278 e. The highest BCUT2D eigenvalue weighted by molar-refractivity contribution is 5.77. The van der Waals surface area contributed by atoms with E-state index in [0.717, 1.165) is 41.8 Å². The number of hydrogen-bond donors (Lipinski definition) is 1. The van der Waals surface area contributed by atoms with E-state index in [2.05, 4.69) is 55.1 Å². The molecule has 0 spiro atoms. The zero-order chi connectivity index (χ0) is 27.4. The largest absolute Gasteiger partial charge is 0.324 e. The Balaban J connectivity index is 1.59. The normalized spacial score (nSPS) is 15.9. The molecule has 200 valence electrons. The van der Waals surface area contributed by atoms with Crippen LogP contribution in [0.1, 0.15) is 63.9 Å². The molecule has 0 amide bonds. The van der Waals surface area contributed by atoms with E-state index in [1.165, 1.54) is 6.07 Å². The van der Waals surface area contributed by atoms with Gasteiger partial charge in [-0.15, -0.1) is 0 Å². The fourth-order valence-electron chi connectivity index (χ4n) is 5.20. The highest BCUT2D eigenvalue weighted by atomic mass is 19.1. The number of halogens is 1. The average molecular weight is 518 g/mol. The summed E-state index contributed by atoms with van der Waals surface area (Å²) in [5.74, 6) is 0.0919. The second-order valence-electron chi connectivity index (χ2n) is 11.7. The highest BCUT2D eigenvalue weighted by Crippen LogP contribution is 2.30. The lowest BCUT2D eigenvalue weighted by Crippen LogP contribution is -2.33. The summed E-state index contributed by atoms with van der Waals surface area (Å²) in [4.78, 5) is 29.3. The van der Waals surface area contributed by atoms with Crippen molar-refractivity contribution in [2.45, 2.75) is 71.4 Å². The number of fused-ring (bicyclic) bond motifs is 2. The van der Waals surface area contributed by atoms with Crippen molar-refractivity contribution < 1.29 is 4.39 Å². The minimum atomic E-state index is -0.211. The smallest absolute Gasteiger partial charge is 0.278 e. The van der Waals surface area contributed by atoms with Gasteiger partial charge in [0.1, 0.15) is 11.2 Å². The fourth-order valence-corrected chi connectivity index (χ4v) is 5.20. The van der Waals surface area contributed by atoms with E-state index in [1.807, 2.05) is 36.7 Å². The summed E-state index contributed by atoms with van der Waals surface area (Å²) in [5.41, 5.74) is 4.26. The van der Waals surface area contributed by atoms with Crippen LogP contribution in [0.2, 0.25) is 0 Å². The van der Waals surface area contributed by atoms with Crippen molar-refractivity contribution in [3.05, 3.63) is 69.7 Å². The van der Waals surface area contributed by atoms with Gasteiger partial charge in [-0.1, -0.05) is 20.8 Å². The Labute approximate surface area is 222 Å². The van der Waals surface area contributed by atoms with Crippen molar-refractivity contribution in [1.29, 1.82) is 0 Å². The number of nitrogens with one attached hydrogen (secondary N) is 1. The van der Waals surface area contributed by atoms with Gasteiger partial charge >= 0.3 is 0 Å². The van der Waals surface area contributed by atoms with E-state index in [1.54, 1.807) is 17.1 Å². The summed E-state index contributed by atoms with van der Waals surface area (Å²) in [7, 11) is 4.13. The van der Waals surface area contributed by atoms with Crippen molar-refractivity contribution in [3.63, 3.8) is 0 Å². The number of anilines is 2. The van der Waals surface area contributed by atoms with Crippen molar-refractivity contribution in [2.75, 3.05) is 19.4 Å². The van der Waals surface area contributed by atoms with Crippen LogP contribution < -0.4 is 10.9 Å². The van der Waals surface area contributed by atoms with E-state index in [9.17, 15) is 4.79 Å².